The summed E-state index contributed by atoms with van der Waals surface area (Å²) in [6, 6.07) is 9.37. The molecule has 2 rings (SSSR count). The Hall–Kier alpha value is -2.76. The number of nitro groups is 1. The van der Waals surface area contributed by atoms with Crippen molar-refractivity contribution in [3.63, 3.8) is 0 Å². The molecule has 0 aliphatic heterocycles. The molecule has 0 saturated heterocycles. The van der Waals surface area contributed by atoms with E-state index >= 15 is 0 Å². The number of aromatic nitrogens is 1. The molecule has 1 heterocycles. The summed E-state index contributed by atoms with van der Waals surface area (Å²) in [5.74, 6) is -0.249. The van der Waals surface area contributed by atoms with E-state index in [4.69, 9.17) is 0 Å². The van der Waals surface area contributed by atoms with E-state index in [2.05, 4.69) is 10.3 Å². The Bertz CT molecular complexity index is 644. The molecular weight excluding hydrogens is 270 g/mol. The Kier molecular flexibility index (Phi) is 4.61. The average Bonchev–Trinajstić information content (AvgIpc) is 2.53. The van der Waals surface area contributed by atoms with Gasteiger partial charge in [-0.2, -0.15) is 0 Å². The van der Waals surface area contributed by atoms with Crippen LogP contribution in [0.3, 0.4) is 0 Å². The number of pyridine rings is 1. The first-order valence-electron chi connectivity index (χ1n) is 6.57. The van der Waals surface area contributed by atoms with Crippen molar-refractivity contribution in [2.75, 3.05) is 0 Å². The second-order valence-corrected chi connectivity index (χ2v) is 4.53. The average molecular weight is 285 g/mol. The lowest BCUT2D eigenvalue weighted by atomic mass is 10.0. The molecule has 2 aromatic rings. The van der Waals surface area contributed by atoms with Crippen LogP contribution in [0, 0.1) is 10.1 Å². The number of carbonyl (C=O) groups is 1. The molecule has 6 heteroatoms. The first-order chi connectivity index (χ1) is 10.1. The van der Waals surface area contributed by atoms with E-state index in [-0.39, 0.29) is 17.6 Å². The van der Waals surface area contributed by atoms with Gasteiger partial charge >= 0.3 is 0 Å². The fourth-order valence-corrected chi connectivity index (χ4v) is 2.01. The molecule has 0 aliphatic rings. The molecule has 0 radical (unpaired) electrons. The van der Waals surface area contributed by atoms with Gasteiger partial charge in [-0.1, -0.05) is 19.1 Å². The van der Waals surface area contributed by atoms with Crippen LogP contribution >= 0.6 is 0 Å². The molecule has 0 aliphatic carbocycles. The Morgan fingerprint density at radius 2 is 2.19 bits per heavy atom. The van der Waals surface area contributed by atoms with Gasteiger partial charge in [-0.25, -0.2) is 0 Å². The number of non-ortho nitro benzene ring substituents is 1. The summed E-state index contributed by atoms with van der Waals surface area (Å²) < 4.78 is 0. The van der Waals surface area contributed by atoms with Gasteiger partial charge in [0.05, 0.1) is 16.5 Å². The van der Waals surface area contributed by atoms with Crippen molar-refractivity contribution in [2.24, 2.45) is 0 Å². The first kappa shape index (κ1) is 14.6. The topological polar surface area (TPSA) is 85.1 Å². The summed E-state index contributed by atoms with van der Waals surface area (Å²) in [5, 5.41) is 13.7. The monoisotopic (exact) mass is 285 g/mol. The molecule has 0 bridgehead atoms. The van der Waals surface area contributed by atoms with Crippen LogP contribution in [0.5, 0.6) is 0 Å². The Morgan fingerprint density at radius 3 is 2.81 bits per heavy atom. The number of hydrogen-bond acceptors (Lipinski definition) is 4. The number of amides is 1. The highest BCUT2D eigenvalue weighted by atomic mass is 16.6. The molecule has 0 fully saturated rings. The number of carbonyl (C=O) groups excluding carboxylic acids is 1. The highest BCUT2D eigenvalue weighted by Crippen LogP contribution is 2.21. The lowest BCUT2D eigenvalue weighted by molar-refractivity contribution is -0.384. The molecule has 1 atom stereocenters. The molecule has 1 unspecified atom stereocenters. The zero-order chi connectivity index (χ0) is 15.2. The molecule has 1 aromatic carbocycles. The molecule has 21 heavy (non-hydrogen) atoms. The minimum absolute atomic E-state index is 0.0153. The number of nitrogens with zero attached hydrogens (tertiary/aromatic N) is 2. The maximum absolute atomic E-state index is 12.1. The van der Waals surface area contributed by atoms with E-state index in [0.29, 0.717) is 17.5 Å². The van der Waals surface area contributed by atoms with Crippen LogP contribution in [0.4, 0.5) is 5.69 Å². The van der Waals surface area contributed by atoms with Gasteiger partial charge in [-0.3, -0.25) is 19.9 Å². The number of nitrogens with one attached hydrogen (secondary N) is 1. The van der Waals surface area contributed by atoms with Gasteiger partial charge in [0, 0.05) is 24.5 Å². The number of hydrogen-bond donors (Lipinski definition) is 1. The minimum atomic E-state index is -0.445. The summed E-state index contributed by atoms with van der Waals surface area (Å²) in [5.41, 5.74) is 1.19. The van der Waals surface area contributed by atoms with Crippen molar-refractivity contribution in [3.05, 3.63) is 70.0 Å². The molecule has 0 spiro atoms. The quantitative estimate of drug-likeness (QED) is 0.676. The van der Waals surface area contributed by atoms with Gasteiger partial charge in [0.15, 0.2) is 0 Å². The van der Waals surface area contributed by atoms with Crippen molar-refractivity contribution in [3.8, 4) is 0 Å². The largest absolute Gasteiger partial charge is 0.345 e. The second kappa shape index (κ2) is 6.60. The van der Waals surface area contributed by atoms with Gasteiger partial charge in [0.1, 0.15) is 0 Å². The van der Waals surface area contributed by atoms with Crippen molar-refractivity contribution in [1.29, 1.82) is 0 Å². The molecule has 1 N–H and O–H groups in total. The summed E-state index contributed by atoms with van der Waals surface area (Å²) in [6.45, 7) is 1.91. The maximum atomic E-state index is 12.1. The van der Waals surface area contributed by atoms with E-state index in [1.54, 1.807) is 30.5 Å². The van der Waals surface area contributed by atoms with E-state index in [9.17, 15) is 14.9 Å². The zero-order valence-electron chi connectivity index (χ0n) is 11.5. The SMILES string of the molecule is CCC(NC(=O)c1cccnc1)c1cccc([N+](=O)[O-])c1. The van der Waals surface area contributed by atoms with Crippen LogP contribution in [0.2, 0.25) is 0 Å². The third-order valence-corrected chi connectivity index (χ3v) is 3.12. The van der Waals surface area contributed by atoms with Crippen molar-refractivity contribution in [2.45, 2.75) is 19.4 Å². The van der Waals surface area contributed by atoms with Gasteiger partial charge in [0.2, 0.25) is 0 Å². The lowest BCUT2D eigenvalue weighted by Gasteiger charge is -2.17. The van der Waals surface area contributed by atoms with Crippen molar-refractivity contribution < 1.29 is 9.72 Å². The van der Waals surface area contributed by atoms with Crippen molar-refractivity contribution in [1.82, 2.24) is 10.3 Å². The van der Waals surface area contributed by atoms with Crippen LogP contribution in [-0.4, -0.2) is 15.8 Å². The van der Waals surface area contributed by atoms with Crippen LogP contribution in [0.25, 0.3) is 0 Å². The summed E-state index contributed by atoms with van der Waals surface area (Å²) in [4.78, 5) is 26.4. The lowest BCUT2D eigenvalue weighted by Crippen LogP contribution is -2.28. The minimum Gasteiger partial charge on any atom is -0.345 e. The highest BCUT2D eigenvalue weighted by Gasteiger charge is 2.16. The van der Waals surface area contributed by atoms with E-state index in [0.717, 1.165) is 0 Å². The van der Waals surface area contributed by atoms with Gasteiger partial charge in [-0.15, -0.1) is 0 Å². The van der Waals surface area contributed by atoms with Gasteiger partial charge in [-0.05, 0) is 24.1 Å². The molecule has 1 amide bonds. The third kappa shape index (κ3) is 3.62. The van der Waals surface area contributed by atoms with E-state index < -0.39 is 4.92 Å². The molecule has 6 nitrogen and oxygen atoms in total. The highest BCUT2D eigenvalue weighted by molar-refractivity contribution is 5.94. The molecule has 108 valence electrons. The molecule has 0 saturated carbocycles. The summed E-state index contributed by atoms with van der Waals surface area (Å²) in [7, 11) is 0. The predicted octanol–water partition coefficient (Wildman–Crippen LogP) is 2.87. The third-order valence-electron chi connectivity index (χ3n) is 3.12. The van der Waals surface area contributed by atoms with E-state index in [1.807, 2.05) is 6.92 Å². The van der Waals surface area contributed by atoms with Gasteiger partial charge in [0.25, 0.3) is 11.6 Å². The second-order valence-electron chi connectivity index (χ2n) is 4.53. The Labute approximate surface area is 122 Å². The Morgan fingerprint density at radius 1 is 1.38 bits per heavy atom. The predicted molar refractivity (Wildman–Crippen MR) is 77.8 cm³/mol. The molecular formula is C15H15N3O3. The van der Waals surface area contributed by atoms with Crippen LogP contribution < -0.4 is 5.32 Å². The van der Waals surface area contributed by atoms with Crippen LogP contribution in [0.15, 0.2) is 48.8 Å². The fraction of sp³-hybridized carbons (Fsp3) is 0.200. The zero-order valence-corrected chi connectivity index (χ0v) is 11.5. The fourth-order valence-electron chi connectivity index (χ4n) is 2.01. The molecule has 1 aromatic heterocycles. The summed E-state index contributed by atoms with van der Waals surface area (Å²) in [6.07, 6.45) is 3.71. The maximum Gasteiger partial charge on any atom is 0.269 e. The van der Waals surface area contributed by atoms with Crippen molar-refractivity contribution >= 4 is 11.6 Å². The van der Waals surface area contributed by atoms with Crippen LogP contribution in [-0.2, 0) is 0 Å². The Balaban J connectivity index is 2.18. The first-order valence-corrected chi connectivity index (χ1v) is 6.57. The van der Waals surface area contributed by atoms with Crippen LogP contribution in [0.1, 0.15) is 35.3 Å². The van der Waals surface area contributed by atoms with E-state index in [1.165, 1.54) is 18.3 Å². The number of rotatable bonds is 5. The van der Waals surface area contributed by atoms with Gasteiger partial charge < -0.3 is 5.32 Å². The number of benzene rings is 1. The normalized spacial score (nSPS) is 11.7. The summed E-state index contributed by atoms with van der Waals surface area (Å²) >= 11 is 0. The standard InChI is InChI=1S/C15H15N3O3/c1-2-14(11-5-3-7-13(9-11)18(20)21)17-15(19)12-6-4-8-16-10-12/h3-10,14H,2H2,1H3,(H,17,19). The number of nitro benzene ring substituents is 1. The smallest absolute Gasteiger partial charge is 0.269 e.